The van der Waals surface area contributed by atoms with E-state index in [2.05, 4.69) is 4.98 Å². The summed E-state index contributed by atoms with van der Waals surface area (Å²) in [6.07, 6.45) is -3.56. The van der Waals surface area contributed by atoms with E-state index in [-0.39, 0.29) is 11.1 Å². The highest BCUT2D eigenvalue weighted by molar-refractivity contribution is 5.72. The average Bonchev–Trinajstić information content (AvgIpc) is 2.19. The van der Waals surface area contributed by atoms with Crippen LogP contribution in [0.2, 0.25) is 0 Å². The summed E-state index contributed by atoms with van der Waals surface area (Å²) in [7, 11) is 0. The Morgan fingerprint density at radius 2 is 2.24 bits per heavy atom. The third-order valence-electron chi connectivity index (χ3n) is 2.07. The Hall–Kier alpha value is -2.12. The molecule has 0 bridgehead atoms. The van der Waals surface area contributed by atoms with E-state index in [4.69, 9.17) is 5.11 Å². The van der Waals surface area contributed by atoms with Crippen LogP contribution < -0.4 is 0 Å². The van der Waals surface area contributed by atoms with Crippen LogP contribution in [0.1, 0.15) is 23.2 Å². The minimum atomic E-state index is -2.94. The average molecular weight is 246 g/mol. The number of carboxylic acid groups (broad SMARTS) is 1. The molecule has 0 aliphatic heterocycles. The minimum Gasteiger partial charge on any atom is -0.481 e. The van der Waals surface area contributed by atoms with Gasteiger partial charge in [-0.15, -0.1) is 0 Å². The molecule has 8 heteroatoms. The number of aromatic nitrogens is 1. The minimum absolute atomic E-state index is 0.115. The molecular weight excluding hydrogens is 238 g/mol. The van der Waals surface area contributed by atoms with Gasteiger partial charge in [-0.2, -0.15) is 0 Å². The highest BCUT2D eigenvalue weighted by Crippen LogP contribution is 2.26. The second kappa shape index (κ2) is 4.81. The molecule has 1 aromatic rings. The van der Waals surface area contributed by atoms with Gasteiger partial charge < -0.3 is 15.2 Å². The lowest BCUT2D eigenvalue weighted by molar-refractivity contribution is -0.390. The van der Waals surface area contributed by atoms with Crippen molar-refractivity contribution in [2.24, 2.45) is 0 Å². The van der Waals surface area contributed by atoms with Crippen molar-refractivity contribution in [2.75, 3.05) is 0 Å². The monoisotopic (exact) mass is 246 g/mol. The van der Waals surface area contributed by atoms with Gasteiger partial charge in [-0.3, -0.25) is 4.79 Å². The van der Waals surface area contributed by atoms with E-state index >= 15 is 0 Å². The second-order valence-corrected chi connectivity index (χ2v) is 3.29. The molecule has 0 spiro atoms. The van der Waals surface area contributed by atoms with Crippen LogP contribution in [0.25, 0.3) is 0 Å². The van der Waals surface area contributed by atoms with Gasteiger partial charge in [0.05, 0.1) is 12.0 Å². The predicted octanol–water partition coefficient (Wildman–Crippen LogP) is 1.86. The predicted molar refractivity (Wildman–Crippen MR) is 51.9 cm³/mol. The highest BCUT2D eigenvalue weighted by atomic mass is 19.3. The molecule has 0 fully saturated rings. The van der Waals surface area contributed by atoms with Crippen LogP contribution in [0.15, 0.2) is 6.07 Å². The van der Waals surface area contributed by atoms with Gasteiger partial charge >= 0.3 is 18.2 Å². The summed E-state index contributed by atoms with van der Waals surface area (Å²) in [5.74, 6) is -2.12. The maximum Gasteiger partial charge on any atom is 0.367 e. The Morgan fingerprint density at radius 3 is 2.65 bits per heavy atom. The quantitative estimate of drug-likeness (QED) is 0.646. The van der Waals surface area contributed by atoms with Crippen molar-refractivity contribution in [3.63, 3.8) is 0 Å². The number of aliphatic carboxylic acids is 1. The molecule has 1 N–H and O–H groups in total. The van der Waals surface area contributed by atoms with Crippen LogP contribution >= 0.6 is 0 Å². The van der Waals surface area contributed by atoms with Crippen molar-refractivity contribution in [2.45, 2.75) is 19.8 Å². The highest BCUT2D eigenvalue weighted by Gasteiger charge is 2.26. The van der Waals surface area contributed by atoms with Gasteiger partial charge in [0.1, 0.15) is 0 Å². The molecule has 6 nitrogen and oxygen atoms in total. The van der Waals surface area contributed by atoms with Crippen molar-refractivity contribution >= 4 is 11.8 Å². The first-order valence-corrected chi connectivity index (χ1v) is 4.47. The number of carbonyl (C=O) groups is 1. The van der Waals surface area contributed by atoms with E-state index in [1.807, 2.05) is 0 Å². The summed E-state index contributed by atoms with van der Waals surface area (Å²) in [6.45, 7) is 1.33. The molecule has 0 unspecified atom stereocenters. The van der Waals surface area contributed by atoms with Gasteiger partial charge in [-0.1, -0.05) is 0 Å². The van der Waals surface area contributed by atoms with Gasteiger partial charge in [0.2, 0.25) is 5.69 Å². The summed E-state index contributed by atoms with van der Waals surface area (Å²) in [5, 5.41) is 19.2. The Balaban J connectivity index is 3.38. The summed E-state index contributed by atoms with van der Waals surface area (Å²) >= 11 is 0. The second-order valence-electron chi connectivity index (χ2n) is 3.29. The van der Waals surface area contributed by atoms with E-state index in [0.29, 0.717) is 0 Å². The standard InChI is InChI=1S/C9H8F2N2O4/c1-4-2-6(8(10)11)12-9(13(16)17)5(4)3-7(14)15/h2,8H,3H2,1H3,(H,14,15). The lowest BCUT2D eigenvalue weighted by atomic mass is 10.1. The molecule has 1 rings (SSSR count). The third kappa shape index (κ3) is 2.92. The Kier molecular flexibility index (Phi) is 3.66. The largest absolute Gasteiger partial charge is 0.481 e. The molecule has 0 atom stereocenters. The van der Waals surface area contributed by atoms with E-state index in [9.17, 15) is 23.7 Å². The number of nitro groups is 1. The van der Waals surface area contributed by atoms with Crippen LogP contribution in [-0.2, 0) is 11.2 Å². The smallest absolute Gasteiger partial charge is 0.367 e. The zero-order chi connectivity index (χ0) is 13.2. The van der Waals surface area contributed by atoms with Gasteiger partial charge in [-0.25, -0.2) is 8.78 Å². The summed E-state index contributed by atoms with van der Waals surface area (Å²) in [5.41, 5.74) is -0.778. The van der Waals surface area contributed by atoms with Gasteiger partial charge in [0, 0.05) is 0 Å². The Morgan fingerprint density at radius 1 is 1.65 bits per heavy atom. The molecule has 17 heavy (non-hydrogen) atoms. The molecule has 0 aromatic carbocycles. The first-order valence-electron chi connectivity index (χ1n) is 4.47. The number of alkyl halides is 2. The van der Waals surface area contributed by atoms with Crippen molar-refractivity contribution in [1.82, 2.24) is 4.98 Å². The Bertz CT molecular complexity index is 476. The number of aryl methyl sites for hydroxylation is 1. The fraction of sp³-hybridized carbons (Fsp3) is 0.333. The molecule has 0 aliphatic carbocycles. The maximum absolute atomic E-state index is 12.4. The molecule has 0 radical (unpaired) electrons. The van der Waals surface area contributed by atoms with Crippen molar-refractivity contribution in [3.8, 4) is 0 Å². The number of halogens is 2. The normalized spacial score (nSPS) is 10.6. The zero-order valence-electron chi connectivity index (χ0n) is 8.68. The number of nitrogens with zero attached hydrogens (tertiary/aromatic N) is 2. The van der Waals surface area contributed by atoms with E-state index < -0.39 is 35.3 Å². The molecule has 1 heterocycles. The van der Waals surface area contributed by atoms with E-state index in [0.717, 1.165) is 6.07 Å². The maximum atomic E-state index is 12.4. The summed E-state index contributed by atoms with van der Waals surface area (Å²) in [6, 6.07) is 0.954. The van der Waals surface area contributed by atoms with Crippen LogP contribution in [0, 0.1) is 17.0 Å². The molecule has 0 saturated carbocycles. The lowest BCUT2D eigenvalue weighted by Crippen LogP contribution is -2.09. The van der Waals surface area contributed by atoms with E-state index in [1.165, 1.54) is 6.92 Å². The summed E-state index contributed by atoms with van der Waals surface area (Å²) < 4.78 is 24.8. The first kappa shape index (κ1) is 12.9. The SMILES string of the molecule is Cc1cc(C(F)F)nc([N+](=O)[O-])c1CC(=O)O. The van der Waals surface area contributed by atoms with Gasteiger partial charge in [0.15, 0.2) is 0 Å². The molecule has 0 amide bonds. The van der Waals surface area contributed by atoms with Crippen molar-refractivity contribution in [1.29, 1.82) is 0 Å². The van der Waals surface area contributed by atoms with E-state index in [1.54, 1.807) is 0 Å². The van der Waals surface area contributed by atoms with Crippen molar-refractivity contribution < 1.29 is 23.6 Å². The number of rotatable bonds is 4. The van der Waals surface area contributed by atoms with Crippen molar-refractivity contribution in [3.05, 3.63) is 33.0 Å². The number of pyridine rings is 1. The lowest BCUT2D eigenvalue weighted by Gasteiger charge is -2.05. The first-order chi connectivity index (χ1) is 7.82. The third-order valence-corrected chi connectivity index (χ3v) is 2.07. The molecule has 1 aromatic heterocycles. The number of hydrogen-bond donors (Lipinski definition) is 1. The molecular formula is C9H8F2N2O4. The molecule has 0 aliphatic rings. The number of carboxylic acids is 1. The fourth-order valence-corrected chi connectivity index (χ4v) is 1.34. The molecule has 0 saturated heterocycles. The van der Waals surface area contributed by atoms with Crippen LogP contribution in [0.3, 0.4) is 0 Å². The van der Waals surface area contributed by atoms with Crippen LogP contribution in [0.5, 0.6) is 0 Å². The number of hydrogen-bond acceptors (Lipinski definition) is 4. The topological polar surface area (TPSA) is 93.3 Å². The molecule has 92 valence electrons. The van der Waals surface area contributed by atoms with Gasteiger partial charge in [-0.05, 0) is 28.5 Å². The van der Waals surface area contributed by atoms with Gasteiger partial charge in [0.25, 0.3) is 0 Å². The fourth-order valence-electron chi connectivity index (χ4n) is 1.34. The van der Waals surface area contributed by atoms with Crippen LogP contribution in [-0.4, -0.2) is 21.0 Å². The Labute approximate surface area is 94.1 Å². The van der Waals surface area contributed by atoms with Crippen LogP contribution in [0.4, 0.5) is 14.6 Å². The zero-order valence-corrected chi connectivity index (χ0v) is 8.68. The summed E-state index contributed by atoms with van der Waals surface area (Å²) in [4.78, 5) is 23.4.